The lowest BCUT2D eigenvalue weighted by molar-refractivity contribution is -0.133. The number of nitrogens with one attached hydrogen (secondary N) is 1. The molecule has 11 heteroatoms. The molecule has 0 amide bonds. The molecule has 120 valence electrons. The number of esters is 2. The molecule has 0 aliphatic carbocycles. The number of hydrogen-bond acceptors (Lipinski definition) is 7. The molecular formula is C11H18N6O4Si. The van der Waals surface area contributed by atoms with Crippen LogP contribution in [0.5, 0.6) is 0 Å². The van der Waals surface area contributed by atoms with Crippen molar-refractivity contribution in [2.45, 2.75) is 19.6 Å². The molecule has 1 heterocycles. The molecule has 0 saturated heterocycles. The summed E-state index contributed by atoms with van der Waals surface area (Å²) < 4.78 is 11.9. The molecule has 0 atom stereocenters. The van der Waals surface area contributed by atoms with Crippen LogP contribution < -0.4 is 0 Å². The van der Waals surface area contributed by atoms with Crippen LogP contribution in [-0.4, -0.2) is 49.8 Å². The van der Waals surface area contributed by atoms with E-state index in [1.165, 1.54) is 20.4 Å². The second-order valence-electron chi connectivity index (χ2n) is 4.34. The van der Waals surface area contributed by atoms with Gasteiger partial charge in [-0.15, -0.1) is 16.3 Å². The van der Waals surface area contributed by atoms with Crippen molar-refractivity contribution >= 4 is 20.2 Å². The number of rotatable bonds is 2. The third-order valence-corrected chi connectivity index (χ3v) is 2.15. The predicted octanol–water partition coefficient (Wildman–Crippen LogP) is 1.52. The highest BCUT2D eigenvalue weighted by atomic mass is 28.3. The SMILES string of the molecule is C#CC(=O)OC.COC(=O)c1cn[nH]n1.C[Si](C)(C)N=[N+]=[N-]. The maximum absolute atomic E-state index is 10.5. The summed E-state index contributed by atoms with van der Waals surface area (Å²) in [5.41, 5.74) is 8.09. The number of terminal acetylenes is 1. The van der Waals surface area contributed by atoms with Crippen molar-refractivity contribution in [1.29, 1.82) is 0 Å². The molecule has 0 aliphatic rings. The summed E-state index contributed by atoms with van der Waals surface area (Å²) in [5.74, 6) is 0.641. The molecule has 0 aliphatic heterocycles. The minimum Gasteiger partial charge on any atom is -0.464 e. The number of aromatic nitrogens is 3. The molecule has 1 N–H and O–H groups in total. The van der Waals surface area contributed by atoms with Crippen LogP contribution in [0.4, 0.5) is 0 Å². The number of H-pyrrole nitrogens is 1. The maximum atomic E-state index is 10.5. The van der Waals surface area contributed by atoms with Crippen LogP contribution in [0, 0.1) is 12.3 Å². The Morgan fingerprint density at radius 3 is 2.18 bits per heavy atom. The Bertz CT molecular complexity index is 540. The highest BCUT2D eigenvalue weighted by molar-refractivity contribution is 6.74. The van der Waals surface area contributed by atoms with Gasteiger partial charge in [0.1, 0.15) is 8.24 Å². The van der Waals surface area contributed by atoms with E-state index in [1.54, 1.807) is 5.92 Å². The first kappa shape index (κ1) is 21.5. The first-order valence-corrected chi connectivity index (χ1v) is 9.21. The van der Waals surface area contributed by atoms with Crippen LogP contribution in [-0.2, 0) is 14.3 Å². The summed E-state index contributed by atoms with van der Waals surface area (Å²) in [6.45, 7) is 5.98. The van der Waals surface area contributed by atoms with Gasteiger partial charge < -0.3 is 9.47 Å². The number of ether oxygens (including phenoxy) is 2. The number of methoxy groups -OCH3 is 2. The lowest BCUT2D eigenvalue weighted by Crippen LogP contribution is -2.13. The first-order valence-electron chi connectivity index (χ1n) is 5.76. The Morgan fingerprint density at radius 2 is 2.00 bits per heavy atom. The minimum absolute atomic E-state index is 0.192. The fourth-order valence-electron chi connectivity index (χ4n) is 0.598. The second kappa shape index (κ2) is 11.9. The van der Waals surface area contributed by atoms with Crippen LogP contribution in [0.2, 0.25) is 19.6 Å². The van der Waals surface area contributed by atoms with E-state index in [0.717, 1.165) is 0 Å². The predicted molar refractivity (Wildman–Crippen MR) is 81.1 cm³/mol. The Morgan fingerprint density at radius 1 is 1.41 bits per heavy atom. The summed E-state index contributed by atoms with van der Waals surface area (Å²) in [6, 6.07) is 0. The lowest BCUT2D eigenvalue weighted by Gasteiger charge is -2.01. The van der Waals surface area contributed by atoms with Crippen LogP contribution >= 0.6 is 0 Å². The summed E-state index contributed by atoms with van der Waals surface area (Å²) in [5, 5.41) is 9.17. The van der Waals surface area contributed by atoms with Crippen LogP contribution in [0.1, 0.15) is 10.5 Å². The van der Waals surface area contributed by atoms with Crippen molar-refractivity contribution in [2.75, 3.05) is 14.2 Å². The topological polar surface area (TPSA) is 143 Å². The Hall–Kier alpha value is -2.83. The molecule has 1 rings (SSSR count). The Kier molecular flexibility index (Phi) is 11.7. The fourth-order valence-corrected chi connectivity index (χ4v) is 0.866. The molecule has 0 fully saturated rings. The molecule has 10 nitrogen and oxygen atoms in total. The summed E-state index contributed by atoms with van der Waals surface area (Å²) in [6.07, 6.45) is 5.86. The van der Waals surface area contributed by atoms with Gasteiger partial charge in [-0.1, -0.05) is 19.6 Å². The smallest absolute Gasteiger partial charge is 0.383 e. The quantitative estimate of drug-likeness (QED) is 0.166. The number of nitrogens with zero attached hydrogens (tertiary/aromatic N) is 5. The molecular weight excluding hydrogens is 308 g/mol. The van der Waals surface area contributed by atoms with E-state index in [4.69, 9.17) is 5.53 Å². The van der Waals surface area contributed by atoms with Crippen molar-refractivity contribution < 1.29 is 19.1 Å². The number of aromatic amines is 1. The molecule has 0 bridgehead atoms. The Balaban J connectivity index is 0. The van der Waals surface area contributed by atoms with E-state index in [1.807, 2.05) is 19.6 Å². The Labute approximate surface area is 128 Å². The van der Waals surface area contributed by atoms with Gasteiger partial charge in [0.25, 0.3) is 0 Å². The first-order chi connectivity index (χ1) is 10.2. The molecule has 1 aromatic heterocycles. The van der Waals surface area contributed by atoms with Crippen molar-refractivity contribution in [3.05, 3.63) is 22.3 Å². The minimum atomic E-state index is -1.45. The maximum Gasteiger partial charge on any atom is 0.383 e. The van der Waals surface area contributed by atoms with Gasteiger partial charge in [-0.25, -0.2) is 9.59 Å². The molecule has 22 heavy (non-hydrogen) atoms. The van der Waals surface area contributed by atoms with E-state index in [-0.39, 0.29) is 5.69 Å². The number of carbonyl (C=O) groups is 2. The monoisotopic (exact) mass is 326 g/mol. The average Bonchev–Trinajstić information content (AvgIpc) is 3.00. The summed E-state index contributed by atoms with van der Waals surface area (Å²) in [4.78, 5) is 22.9. The second-order valence-corrected chi connectivity index (χ2v) is 8.88. The van der Waals surface area contributed by atoms with E-state index < -0.39 is 20.2 Å². The normalized spacial score (nSPS) is 8.55. The third-order valence-electron chi connectivity index (χ3n) is 1.46. The third kappa shape index (κ3) is 13.6. The van der Waals surface area contributed by atoms with Crippen LogP contribution in [0.15, 0.2) is 11.0 Å². The number of carbonyl (C=O) groups excluding carboxylic acids is 2. The zero-order valence-corrected chi connectivity index (χ0v) is 14.0. The van der Waals surface area contributed by atoms with Crippen molar-refractivity contribution in [3.8, 4) is 12.3 Å². The van der Waals surface area contributed by atoms with E-state index >= 15 is 0 Å². The fraction of sp³-hybridized carbons (Fsp3) is 0.455. The molecule has 0 unspecified atom stereocenters. The standard InChI is InChI=1S/C4H5N3O2.C4H4O2.C3H9N3Si/c1-9-4(8)3-2-5-7-6-3;1-3-4(5)6-2;1-7(2,3)6-5-4/h2H,1H3,(H,5,6,7);1H,2H3;1-3H3. The summed E-state index contributed by atoms with van der Waals surface area (Å²) in [7, 11) is 1.08. The zero-order chi connectivity index (χ0) is 17.6. The summed E-state index contributed by atoms with van der Waals surface area (Å²) >= 11 is 0. The van der Waals surface area contributed by atoms with Gasteiger partial charge in [0.15, 0.2) is 5.69 Å². The van der Waals surface area contributed by atoms with Crippen LogP contribution in [0.25, 0.3) is 10.4 Å². The van der Waals surface area contributed by atoms with Crippen molar-refractivity contribution in [2.24, 2.45) is 4.78 Å². The van der Waals surface area contributed by atoms with E-state index in [2.05, 4.69) is 41.0 Å². The van der Waals surface area contributed by atoms with Crippen molar-refractivity contribution in [3.63, 3.8) is 0 Å². The van der Waals surface area contributed by atoms with E-state index in [0.29, 0.717) is 0 Å². The zero-order valence-electron chi connectivity index (χ0n) is 13.0. The van der Waals surface area contributed by atoms with Crippen LogP contribution in [0.3, 0.4) is 0 Å². The molecule has 0 saturated carbocycles. The molecule has 0 aromatic carbocycles. The van der Waals surface area contributed by atoms with Gasteiger partial charge in [0.05, 0.1) is 20.4 Å². The molecule has 0 spiro atoms. The highest BCUT2D eigenvalue weighted by Gasteiger charge is 2.08. The molecule has 0 radical (unpaired) electrons. The van der Waals surface area contributed by atoms with Gasteiger partial charge in [-0.05, 0) is 10.4 Å². The van der Waals surface area contributed by atoms with Gasteiger partial charge >= 0.3 is 11.9 Å². The lowest BCUT2D eigenvalue weighted by atomic mass is 10.5. The largest absolute Gasteiger partial charge is 0.464 e. The van der Waals surface area contributed by atoms with Gasteiger partial charge in [0, 0.05) is 5.92 Å². The van der Waals surface area contributed by atoms with Crippen molar-refractivity contribution in [1.82, 2.24) is 15.4 Å². The number of azide groups is 1. The molecule has 1 aromatic rings. The van der Waals surface area contributed by atoms with Gasteiger partial charge in [0.2, 0.25) is 0 Å². The van der Waals surface area contributed by atoms with E-state index in [9.17, 15) is 9.59 Å². The van der Waals surface area contributed by atoms with Gasteiger partial charge in [-0.3, -0.25) is 0 Å². The number of hydrogen-bond donors (Lipinski definition) is 1. The van der Waals surface area contributed by atoms with Gasteiger partial charge in [-0.2, -0.15) is 10.3 Å². The highest BCUT2D eigenvalue weighted by Crippen LogP contribution is 2.00. The average molecular weight is 326 g/mol.